The molecule has 0 saturated heterocycles. The Balaban J connectivity index is 0.000000337. The molecule has 27 heavy (non-hydrogen) atoms. The molecule has 1 heterocycles. The third-order valence-corrected chi connectivity index (χ3v) is 5.28. The van der Waals surface area contributed by atoms with Gasteiger partial charge in [0, 0.05) is 12.4 Å². The lowest BCUT2D eigenvalue weighted by atomic mass is 10.2. The Bertz CT molecular complexity index is 919. The Morgan fingerprint density at radius 1 is 1.15 bits per heavy atom. The minimum absolute atomic E-state index is 0.0469. The van der Waals surface area contributed by atoms with Crippen LogP contribution in [0.4, 0.5) is 0 Å². The molecule has 3 N–H and O–H groups in total. The highest BCUT2D eigenvalue weighted by molar-refractivity contribution is 7.91. The van der Waals surface area contributed by atoms with E-state index in [4.69, 9.17) is 10.9 Å². The number of aryl methyl sites for hydroxylation is 1. The van der Waals surface area contributed by atoms with E-state index in [1.807, 2.05) is 6.92 Å². The molecule has 7 nitrogen and oxygen atoms in total. The summed E-state index contributed by atoms with van der Waals surface area (Å²) in [7, 11) is -3.29. The van der Waals surface area contributed by atoms with Gasteiger partial charge in [-0.25, -0.2) is 13.2 Å². The summed E-state index contributed by atoms with van der Waals surface area (Å²) in [6, 6.07) is 9.71. The van der Waals surface area contributed by atoms with Crippen molar-refractivity contribution in [3.05, 3.63) is 71.6 Å². The van der Waals surface area contributed by atoms with Crippen LogP contribution in [0.1, 0.15) is 29.8 Å². The van der Waals surface area contributed by atoms with E-state index in [-0.39, 0.29) is 11.3 Å². The number of aromatic nitrogens is 1. The van der Waals surface area contributed by atoms with Crippen LogP contribution in [0, 0.1) is 6.92 Å². The van der Waals surface area contributed by atoms with Crippen molar-refractivity contribution in [1.29, 1.82) is 0 Å². The van der Waals surface area contributed by atoms with Crippen LogP contribution in [-0.4, -0.2) is 35.9 Å². The van der Waals surface area contributed by atoms with Crippen LogP contribution < -0.4 is 5.84 Å². The largest absolute Gasteiger partial charge is 0.478 e. The van der Waals surface area contributed by atoms with Crippen molar-refractivity contribution in [2.45, 2.75) is 25.7 Å². The zero-order chi connectivity index (χ0) is 20.4. The van der Waals surface area contributed by atoms with Crippen molar-refractivity contribution >= 4 is 21.5 Å². The van der Waals surface area contributed by atoms with Crippen LogP contribution in [0.2, 0.25) is 0 Å². The predicted octanol–water partition coefficient (Wildman–Crippen LogP) is 2.83. The molecule has 2 rings (SSSR count). The Hall–Kier alpha value is -3.00. The maximum Gasteiger partial charge on any atom is 0.335 e. The number of aromatic carboxylic acids is 1. The van der Waals surface area contributed by atoms with Gasteiger partial charge in [-0.15, -0.1) is 0 Å². The van der Waals surface area contributed by atoms with Gasteiger partial charge in [0.1, 0.15) is 0 Å². The average molecular weight is 389 g/mol. The molecular formula is C19H23N3O4S. The highest BCUT2D eigenvalue weighted by Gasteiger charge is 2.12. The minimum Gasteiger partial charge on any atom is -0.478 e. The molecule has 144 valence electrons. The van der Waals surface area contributed by atoms with Gasteiger partial charge >= 0.3 is 5.97 Å². The average Bonchev–Trinajstić information content (AvgIpc) is 2.67. The maximum atomic E-state index is 12.0. The lowest BCUT2D eigenvalue weighted by Crippen LogP contribution is -2.07. The molecule has 0 fully saturated rings. The zero-order valence-corrected chi connectivity index (χ0v) is 16.3. The number of pyridine rings is 1. The lowest BCUT2D eigenvalue weighted by Gasteiger charge is -2.03. The SMILES string of the molecule is CC(=N/N)/C(C)=C/CS(=O)(=O)c1ccc(C)cc1.O=C(O)c1ccncc1. The second-order valence-corrected chi connectivity index (χ2v) is 7.77. The Labute approximate surface area is 159 Å². The number of nitrogens with zero attached hydrogens (tertiary/aromatic N) is 2. The summed E-state index contributed by atoms with van der Waals surface area (Å²) in [6.07, 6.45) is 4.52. The van der Waals surface area contributed by atoms with Gasteiger partial charge < -0.3 is 10.9 Å². The molecule has 0 atom stereocenters. The summed E-state index contributed by atoms with van der Waals surface area (Å²) >= 11 is 0. The third kappa shape index (κ3) is 7.41. The number of hydrazone groups is 1. The number of hydrogen-bond acceptors (Lipinski definition) is 6. The van der Waals surface area contributed by atoms with Gasteiger partial charge in [-0.05, 0) is 50.6 Å². The standard InChI is InChI=1S/C13H18N2O2S.C6H5NO2/c1-10-4-6-13(7-5-10)18(16,17)9-8-11(2)12(3)15-14;8-6(9)5-1-3-7-4-2-5/h4-8H,9,14H2,1-3H3;1-4H,(H,8,9)/b11-8+,15-12-;. The van der Waals surface area contributed by atoms with Crippen LogP contribution in [0.5, 0.6) is 0 Å². The van der Waals surface area contributed by atoms with Gasteiger partial charge in [0.05, 0.1) is 21.9 Å². The fraction of sp³-hybridized carbons (Fsp3) is 0.211. The van der Waals surface area contributed by atoms with Gasteiger partial charge in [-0.1, -0.05) is 23.8 Å². The van der Waals surface area contributed by atoms with Gasteiger partial charge in [0.25, 0.3) is 0 Å². The van der Waals surface area contributed by atoms with Gasteiger partial charge in [0.2, 0.25) is 0 Å². The summed E-state index contributed by atoms with van der Waals surface area (Å²) in [6.45, 7) is 5.45. The molecule has 1 aromatic heterocycles. The summed E-state index contributed by atoms with van der Waals surface area (Å²) in [5, 5.41) is 11.9. The number of carbonyl (C=O) groups is 1. The smallest absolute Gasteiger partial charge is 0.335 e. The lowest BCUT2D eigenvalue weighted by molar-refractivity contribution is 0.0696. The summed E-state index contributed by atoms with van der Waals surface area (Å²) in [5.74, 6) is 4.17. The number of carboxylic acid groups (broad SMARTS) is 1. The van der Waals surface area contributed by atoms with Crippen molar-refractivity contribution in [3.8, 4) is 0 Å². The summed E-state index contributed by atoms with van der Waals surface area (Å²) < 4.78 is 24.1. The van der Waals surface area contributed by atoms with E-state index < -0.39 is 15.8 Å². The van der Waals surface area contributed by atoms with Crippen LogP contribution >= 0.6 is 0 Å². The van der Waals surface area contributed by atoms with Crippen LogP contribution in [0.15, 0.2) is 70.4 Å². The number of nitrogens with two attached hydrogens (primary N) is 1. The van der Waals surface area contributed by atoms with Crippen LogP contribution in [0.3, 0.4) is 0 Å². The van der Waals surface area contributed by atoms with E-state index in [9.17, 15) is 13.2 Å². The van der Waals surface area contributed by atoms with E-state index >= 15 is 0 Å². The zero-order valence-electron chi connectivity index (χ0n) is 15.5. The first kappa shape index (κ1) is 22.0. The third-order valence-electron chi connectivity index (χ3n) is 3.68. The second kappa shape index (κ2) is 10.2. The van der Waals surface area contributed by atoms with Crippen LogP contribution in [-0.2, 0) is 9.84 Å². The maximum absolute atomic E-state index is 12.0. The van der Waals surface area contributed by atoms with Crippen LogP contribution in [0.25, 0.3) is 0 Å². The van der Waals surface area contributed by atoms with E-state index in [1.54, 1.807) is 44.2 Å². The molecule has 0 amide bonds. The Kier molecular flexibility index (Phi) is 8.34. The number of carboxylic acids is 1. The number of sulfone groups is 1. The molecule has 8 heteroatoms. The second-order valence-electron chi connectivity index (χ2n) is 5.74. The molecule has 0 aliphatic carbocycles. The van der Waals surface area contributed by atoms with Crippen molar-refractivity contribution in [2.24, 2.45) is 10.9 Å². The number of allylic oxidation sites excluding steroid dienone is 1. The highest BCUT2D eigenvalue weighted by atomic mass is 32.2. The van der Waals surface area contributed by atoms with Crippen molar-refractivity contribution in [1.82, 2.24) is 4.98 Å². The quantitative estimate of drug-likeness (QED) is 0.460. The van der Waals surface area contributed by atoms with Gasteiger partial charge in [-0.3, -0.25) is 4.98 Å². The summed E-state index contributed by atoms with van der Waals surface area (Å²) in [5.41, 5.74) is 2.71. The number of benzene rings is 1. The topological polar surface area (TPSA) is 123 Å². The van der Waals surface area contributed by atoms with Gasteiger partial charge in [0.15, 0.2) is 9.84 Å². The molecule has 0 radical (unpaired) electrons. The van der Waals surface area contributed by atoms with Crippen molar-refractivity contribution in [3.63, 3.8) is 0 Å². The summed E-state index contributed by atoms with van der Waals surface area (Å²) in [4.78, 5) is 14.2. The Morgan fingerprint density at radius 2 is 1.70 bits per heavy atom. The molecule has 0 aliphatic rings. The molecule has 0 unspecified atom stereocenters. The molecular weight excluding hydrogens is 366 g/mol. The van der Waals surface area contributed by atoms with E-state index in [0.717, 1.165) is 11.1 Å². The van der Waals surface area contributed by atoms with Crippen molar-refractivity contribution < 1.29 is 18.3 Å². The highest BCUT2D eigenvalue weighted by Crippen LogP contribution is 2.13. The van der Waals surface area contributed by atoms with E-state index in [1.165, 1.54) is 24.5 Å². The minimum atomic E-state index is -3.29. The number of rotatable bonds is 5. The molecule has 0 spiro atoms. The normalized spacial score (nSPS) is 12.1. The first-order valence-electron chi connectivity index (χ1n) is 8.01. The molecule has 0 bridgehead atoms. The molecule has 0 aliphatic heterocycles. The van der Waals surface area contributed by atoms with E-state index in [2.05, 4.69) is 10.1 Å². The molecule has 2 aromatic rings. The first-order valence-corrected chi connectivity index (χ1v) is 9.67. The van der Waals surface area contributed by atoms with E-state index in [0.29, 0.717) is 10.6 Å². The predicted molar refractivity (Wildman–Crippen MR) is 105 cm³/mol. The fourth-order valence-corrected chi connectivity index (χ4v) is 3.03. The molecule has 0 saturated carbocycles. The Morgan fingerprint density at radius 3 is 2.15 bits per heavy atom. The first-order chi connectivity index (χ1) is 12.7. The number of hydrogen-bond donors (Lipinski definition) is 2. The monoisotopic (exact) mass is 389 g/mol. The van der Waals surface area contributed by atoms with Gasteiger partial charge in [-0.2, -0.15) is 5.10 Å². The fourth-order valence-electron chi connectivity index (χ4n) is 1.82. The molecule has 1 aromatic carbocycles. The van der Waals surface area contributed by atoms with Crippen molar-refractivity contribution in [2.75, 3.05) is 5.75 Å².